The largest absolute Gasteiger partial charge is 0.481 e. The number of nitrogens with zero attached hydrogens (tertiary/aromatic N) is 4. The molecule has 0 spiro atoms. The smallest absolute Gasteiger partial charge is 0.216 e. The molecule has 18 heavy (non-hydrogen) atoms. The third kappa shape index (κ3) is 2.33. The number of methoxy groups -OCH3 is 1. The molecule has 2 rings (SSSR count). The molecule has 0 aliphatic rings. The molecule has 6 nitrogen and oxygen atoms in total. The molecule has 1 atom stereocenters. The highest BCUT2D eigenvalue weighted by molar-refractivity contribution is 5.22. The van der Waals surface area contributed by atoms with Crippen LogP contribution < -0.4 is 4.74 Å². The molecule has 1 N–H and O–H groups in total. The Morgan fingerprint density at radius 2 is 2.11 bits per heavy atom. The minimum absolute atomic E-state index is 0.174. The molecule has 0 amide bonds. The van der Waals surface area contributed by atoms with Crippen molar-refractivity contribution in [1.29, 1.82) is 0 Å². The SMILES string of the molecule is COc1cc(C(O)c2ccnn2C(C)C)ncn1. The van der Waals surface area contributed by atoms with Crippen LogP contribution in [0.1, 0.15) is 37.4 Å². The minimum Gasteiger partial charge on any atom is -0.481 e. The van der Waals surface area contributed by atoms with Crippen molar-refractivity contribution in [3.63, 3.8) is 0 Å². The molecular formula is C12H16N4O2. The second-order valence-electron chi connectivity index (χ2n) is 4.18. The van der Waals surface area contributed by atoms with Crippen LogP contribution >= 0.6 is 0 Å². The first-order valence-corrected chi connectivity index (χ1v) is 5.71. The van der Waals surface area contributed by atoms with E-state index in [2.05, 4.69) is 15.1 Å². The zero-order valence-electron chi connectivity index (χ0n) is 10.6. The van der Waals surface area contributed by atoms with E-state index in [1.165, 1.54) is 13.4 Å². The van der Waals surface area contributed by atoms with Gasteiger partial charge in [-0.1, -0.05) is 0 Å². The lowest BCUT2D eigenvalue weighted by Gasteiger charge is -2.15. The Hall–Kier alpha value is -1.95. The molecule has 0 saturated heterocycles. The third-order valence-corrected chi connectivity index (χ3v) is 2.62. The molecule has 0 saturated carbocycles. The zero-order chi connectivity index (χ0) is 13.1. The fourth-order valence-corrected chi connectivity index (χ4v) is 1.74. The molecule has 0 radical (unpaired) electrons. The highest BCUT2D eigenvalue weighted by Gasteiger charge is 2.18. The number of rotatable bonds is 4. The van der Waals surface area contributed by atoms with Gasteiger partial charge in [0.05, 0.1) is 18.5 Å². The van der Waals surface area contributed by atoms with Crippen molar-refractivity contribution >= 4 is 0 Å². The van der Waals surface area contributed by atoms with Crippen molar-refractivity contribution in [3.8, 4) is 5.88 Å². The molecular weight excluding hydrogens is 232 g/mol. The summed E-state index contributed by atoms with van der Waals surface area (Å²) in [6, 6.07) is 3.56. The van der Waals surface area contributed by atoms with E-state index >= 15 is 0 Å². The van der Waals surface area contributed by atoms with Crippen molar-refractivity contribution in [2.24, 2.45) is 0 Å². The molecule has 2 heterocycles. The van der Waals surface area contributed by atoms with Gasteiger partial charge in [0.15, 0.2) is 0 Å². The van der Waals surface area contributed by atoms with E-state index in [9.17, 15) is 5.11 Å². The van der Waals surface area contributed by atoms with Crippen molar-refractivity contribution < 1.29 is 9.84 Å². The third-order valence-electron chi connectivity index (χ3n) is 2.62. The Labute approximate surface area is 105 Å². The van der Waals surface area contributed by atoms with Gasteiger partial charge in [0.2, 0.25) is 5.88 Å². The quantitative estimate of drug-likeness (QED) is 0.884. The Morgan fingerprint density at radius 1 is 1.33 bits per heavy atom. The highest BCUT2D eigenvalue weighted by atomic mass is 16.5. The average molecular weight is 248 g/mol. The van der Waals surface area contributed by atoms with Crippen LogP contribution in [0.15, 0.2) is 24.7 Å². The highest BCUT2D eigenvalue weighted by Crippen LogP contribution is 2.23. The number of hydrogen-bond donors (Lipinski definition) is 1. The Bertz CT molecular complexity index is 524. The van der Waals surface area contributed by atoms with Crippen molar-refractivity contribution in [1.82, 2.24) is 19.7 Å². The number of hydrogen-bond acceptors (Lipinski definition) is 5. The number of aliphatic hydroxyl groups is 1. The van der Waals surface area contributed by atoms with Gasteiger partial charge in [-0.25, -0.2) is 9.97 Å². The molecule has 6 heteroatoms. The first-order chi connectivity index (χ1) is 8.63. The predicted octanol–water partition coefficient (Wildman–Crippen LogP) is 1.34. The van der Waals surface area contributed by atoms with Gasteiger partial charge in [-0.3, -0.25) is 4.68 Å². The fraction of sp³-hybridized carbons (Fsp3) is 0.417. The molecule has 0 aliphatic carbocycles. The van der Waals surface area contributed by atoms with Gasteiger partial charge in [-0.15, -0.1) is 0 Å². The normalized spacial score (nSPS) is 12.7. The summed E-state index contributed by atoms with van der Waals surface area (Å²) >= 11 is 0. The van der Waals surface area contributed by atoms with Gasteiger partial charge in [-0.05, 0) is 19.9 Å². The lowest BCUT2D eigenvalue weighted by atomic mass is 10.1. The van der Waals surface area contributed by atoms with E-state index in [0.29, 0.717) is 17.3 Å². The summed E-state index contributed by atoms with van der Waals surface area (Å²) in [6.45, 7) is 4.01. The maximum Gasteiger partial charge on any atom is 0.216 e. The van der Waals surface area contributed by atoms with Crippen LogP contribution in [0.3, 0.4) is 0 Å². The van der Waals surface area contributed by atoms with Crippen LogP contribution in [0.5, 0.6) is 5.88 Å². The van der Waals surface area contributed by atoms with E-state index in [0.717, 1.165) is 0 Å². The van der Waals surface area contributed by atoms with Crippen LogP contribution in [0.2, 0.25) is 0 Å². The van der Waals surface area contributed by atoms with Gasteiger partial charge >= 0.3 is 0 Å². The Morgan fingerprint density at radius 3 is 2.78 bits per heavy atom. The minimum atomic E-state index is -0.841. The summed E-state index contributed by atoms with van der Waals surface area (Å²) < 4.78 is 6.78. The monoisotopic (exact) mass is 248 g/mol. The van der Waals surface area contributed by atoms with Crippen LogP contribution in [-0.4, -0.2) is 32.0 Å². The fourth-order valence-electron chi connectivity index (χ4n) is 1.74. The molecule has 0 bridgehead atoms. The van der Waals surface area contributed by atoms with Gasteiger partial charge in [0.1, 0.15) is 12.4 Å². The molecule has 0 aromatic carbocycles. The van der Waals surface area contributed by atoms with E-state index < -0.39 is 6.10 Å². The van der Waals surface area contributed by atoms with Crippen molar-refractivity contribution in [3.05, 3.63) is 36.0 Å². The topological polar surface area (TPSA) is 73.1 Å². The first-order valence-electron chi connectivity index (χ1n) is 5.71. The summed E-state index contributed by atoms with van der Waals surface area (Å²) in [5.41, 5.74) is 1.19. The molecule has 2 aromatic rings. The lowest BCUT2D eigenvalue weighted by molar-refractivity contribution is 0.199. The van der Waals surface area contributed by atoms with E-state index in [1.54, 1.807) is 23.0 Å². The second kappa shape index (κ2) is 5.14. The predicted molar refractivity (Wildman–Crippen MR) is 65.3 cm³/mol. The zero-order valence-corrected chi connectivity index (χ0v) is 10.6. The van der Waals surface area contributed by atoms with Crippen LogP contribution in [0, 0.1) is 0 Å². The first kappa shape index (κ1) is 12.5. The van der Waals surface area contributed by atoms with Gasteiger partial charge < -0.3 is 9.84 Å². The van der Waals surface area contributed by atoms with Crippen molar-refractivity contribution in [2.45, 2.75) is 26.0 Å². The lowest BCUT2D eigenvalue weighted by Crippen LogP contribution is -2.13. The molecule has 1 unspecified atom stereocenters. The van der Waals surface area contributed by atoms with Gasteiger partial charge in [-0.2, -0.15) is 5.10 Å². The van der Waals surface area contributed by atoms with E-state index in [-0.39, 0.29) is 6.04 Å². The Balaban J connectivity index is 2.35. The maximum absolute atomic E-state index is 10.3. The number of aromatic nitrogens is 4. The number of aliphatic hydroxyl groups excluding tert-OH is 1. The van der Waals surface area contributed by atoms with E-state index in [1.807, 2.05) is 13.8 Å². The van der Waals surface area contributed by atoms with Gasteiger partial charge in [0, 0.05) is 18.3 Å². The summed E-state index contributed by atoms with van der Waals surface area (Å²) in [6.07, 6.45) is 2.19. The summed E-state index contributed by atoms with van der Waals surface area (Å²) in [5, 5.41) is 14.5. The van der Waals surface area contributed by atoms with E-state index in [4.69, 9.17) is 4.74 Å². The molecule has 0 aliphatic heterocycles. The van der Waals surface area contributed by atoms with Crippen LogP contribution in [-0.2, 0) is 0 Å². The Kier molecular flexibility index (Phi) is 3.57. The summed E-state index contributed by atoms with van der Waals surface area (Å²) in [5.74, 6) is 0.426. The van der Waals surface area contributed by atoms with Crippen molar-refractivity contribution in [2.75, 3.05) is 7.11 Å². The standard InChI is InChI=1S/C12H16N4O2/c1-8(2)16-10(4-5-15-16)12(17)9-6-11(18-3)14-7-13-9/h4-8,12,17H,1-3H3. The van der Waals surface area contributed by atoms with Crippen LogP contribution in [0.4, 0.5) is 0 Å². The van der Waals surface area contributed by atoms with Crippen LogP contribution in [0.25, 0.3) is 0 Å². The molecule has 2 aromatic heterocycles. The second-order valence-corrected chi connectivity index (χ2v) is 4.18. The average Bonchev–Trinajstić information content (AvgIpc) is 2.87. The maximum atomic E-state index is 10.3. The summed E-state index contributed by atoms with van der Waals surface area (Å²) in [7, 11) is 1.52. The van der Waals surface area contributed by atoms with Gasteiger partial charge in [0.25, 0.3) is 0 Å². The molecule has 0 fully saturated rings. The summed E-state index contributed by atoms with van der Waals surface area (Å²) in [4.78, 5) is 7.97. The number of ether oxygens (including phenoxy) is 1. The molecule has 96 valence electrons.